The summed E-state index contributed by atoms with van der Waals surface area (Å²) >= 11 is 3.58. The summed E-state index contributed by atoms with van der Waals surface area (Å²) in [6.45, 7) is 0. The summed E-state index contributed by atoms with van der Waals surface area (Å²) in [4.78, 5) is 9.22. The largest absolute Gasteiger partial charge is 0.372 e. The summed E-state index contributed by atoms with van der Waals surface area (Å²) in [5.74, 6) is 1.40. The molecule has 21 heavy (non-hydrogen) atoms. The van der Waals surface area contributed by atoms with Crippen LogP contribution in [-0.2, 0) is 7.05 Å². The molecule has 0 aliphatic heterocycles. The molecule has 0 saturated heterocycles. The van der Waals surface area contributed by atoms with Gasteiger partial charge in [-0.3, -0.25) is 4.68 Å². The lowest BCUT2D eigenvalue weighted by atomic mass is 10.1. The molecule has 0 bridgehead atoms. The van der Waals surface area contributed by atoms with Crippen LogP contribution < -0.4 is 5.32 Å². The highest BCUT2D eigenvalue weighted by molar-refractivity contribution is 9.10. The first-order valence-corrected chi connectivity index (χ1v) is 7.28. The number of rotatable bonds is 3. The second-order valence-electron chi connectivity index (χ2n) is 4.58. The Hall–Kier alpha value is -2.21. The molecular weight excluding hydrogens is 330 g/mol. The van der Waals surface area contributed by atoms with Crippen molar-refractivity contribution in [2.24, 2.45) is 7.05 Å². The monoisotopic (exact) mass is 343 g/mol. The number of halogens is 1. The number of benzene rings is 1. The van der Waals surface area contributed by atoms with Crippen LogP contribution >= 0.6 is 15.9 Å². The molecule has 0 fully saturated rings. The molecule has 3 aromatic rings. The maximum Gasteiger partial charge on any atom is 0.165 e. The van der Waals surface area contributed by atoms with Crippen LogP contribution in [0.4, 0.5) is 5.82 Å². The average Bonchev–Trinajstić information content (AvgIpc) is 2.95. The molecular formula is C15H14BrN5. The van der Waals surface area contributed by atoms with Crippen molar-refractivity contribution >= 4 is 21.7 Å². The third-order valence-electron chi connectivity index (χ3n) is 3.10. The Morgan fingerprint density at radius 3 is 2.48 bits per heavy atom. The molecule has 2 heterocycles. The van der Waals surface area contributed by atoms with E-state index in [1.165, 1.54) is 0 Å². The fraction of sp³-hybridized carbons (Fsp3) is 0.133. The Morgan fingerprint density at radius 1 is 1.10 bits per heavy atom. The zero-order chi connectivity index (χ0) is 14.8. The van der Waals surface area contributed by atoms with Gasteiger partial charge in [0.15, 0.2) is 5.82 Å². The average molecular weight is 344 g/mol. The van der Waals surface area contributed by atoms with Crippen LogP contribution in [-0.4, -0.2) is 26.8 Å². The van der Waals surface area contributed by atoms with E-state index in [0.29, 0.717) is 5.82 Å². The fourth-order valence-corrected chi connectivity index (χ4v) is 2.67. The smallest absolute Gasteiger partial charge is 0.165 e. The molecule has 0 spiro atoms. The molecule has 0 radical (unpaired) electrons. The van der Waals surface area contributed by atoms with Gasteiger partial charge in [-0.15, -0.1) is 0 Å². The van der Waals surface area contributed by atoms with Crippen molar-refractivity contribution < 1.29 is 0 Å². The van der Waals surface area contributed by atoms with Gasteiger partial charge in [0, 0.05) is 25.9 Å². The Bertz CT molecular complexity index is 767. The summed E-state index contributed by atoms with van der Waals surface area (Å²) in [6, 6.07) is 10.0. The molecule has 0 amide bonds. The normalized spacial score (nSPS) is 10.6. The van der Waals surface area contributed by atoms with Crippen molar-refractivity contribution in [1.82, 2.24) is 19.7 Å². The fourth-order valence-electron chi connectivity index (χ4n) is 2.07. The van der Waals surface area contributed by atoms with Gasteiger partial charge in [-0.2, -0.15) is 5.10 Å². The van der Waals surface area contributed by atoms with Crippen LogP contribution in [0.5, 0.6) is 0 Å². The van der Waals surface area contributed by atoms with Crippen molar-refractivity contribution in [2.45, 2.75) is 0 Å². The van der Waals surface area contributed by atoms with Crippen molar-refractivity contribution in [3.63, 3.8) is 0 Å². The molecule has 2 aromatic heterocycles. The molecule has 3 rings (SSSR count). The van der Waals surface area contributed by atoms with E-state index in [1.807, 2.05) is 50.6 Å². The first-order valence-electron chi connectivity index (χ1n) is 6.49. The van der Waals surface area contributed by atoms with E-state index >= 15 is 0 Å². The van der Waals surface area contributed by atoms with Gasteiger partial charge in [0.25, 0.3) is 0 Å². The first-order chi connectivity index (χ1) is 10.2. The number of nitrogens with zero attached hydrogens (tertiary/aromatic N) is 4. The summed E-state index contributed by atoms with van der Waals surface area (Å²) in [5, 5.41) is 7.28. The van der Waals surface area contributed by atoms with Crippen LogP contribution in [0, 0.1) is 0 Å². The molecule has 1 N–H and O–H groups in total. The minimum atomic E-state index is 0.648. The van der Waals surface area contributed by atoms with Gasteiger partial charge in [0.05, 0.1) is 21.9 Å². The standard InChI is InChI=1S/C15H14BrN5/c1-17-15-12(16)13(10-6-4-3-5-7-10)19-14(20-15)11-8-18-21(2)9-11/h3-9H,1-2H3,(H,17,19,20). The van der Waals surface area contributed by atoms with E-state index in [4.69, 9.17) is 0 Å². The van der Waals surface area contributed by atoms with Crippen LogP contribution in [0.1, 0.15) is 0 Å². The van der Waals surface area contributed by atoms with Gasteiger partial charge in [-0.1, -0.05) is 30.3 Å². The Balaban J connectivity index is 2.20. The van der Waals surface area contributed by atoms with E-state index in [0.717, 1.165) is 27.1 Å². The van der Waals surface area contributed by atoms with Gasteiger partial charge in [-0.25, -0.2) is 9.97 Å². The zero-order valence-electron chi connectivity index (χ0n) is 11.7. The Kier molecular flexibility index (Phi) is 3.70. The lowest BCUT2D eigenvalue weighted by Gasteiger charge is -2.10. The van der Waals surface area contributed by atoms with Crippen molar-refractivity contribution in [3.05, 3.63) is 47.2 Å². The lowest BCUT2D eigenvalue weighted by molar-refractivity contribution is 0.768. The number of nitrogens with one attached hydrogen (secondary N) is 1. The molecule has 106 valence electrons. The highest BCUT2D eigenvalue weighted by Crippen LogP contribution is 2.33. The van der Waals surface area contributed by atoms with E-state index < -0.39 is 0 Å². The zero-order valence-corrected chi connectivity index (χ0v) is 13.3. The predicted molar refractivity (Wildman–Crippen MR) is 86.9 cm³/mol. The molecule has 0 saturated carbocycles. The highest BCUT2D eigenvalue weighted by atomic mass is 79.9. The predicted octanol–water partition coefficient (Wildman–Crippen LogP) is 3.35. The van der Waals surface area contributed by atoms with Crippen molar-refractivity contribution in [1.29, 1.82) is 0 Å². The third kappa shape index (κ3) is 2.67. The second kappa shape index (κ2) is 5.65. The number of hydrogen-bond acceptors (Lipinski definition) is 4. The number of hydrogen-bond donors (Lipinski definition) is 1. The topological polar surface area (TPSA) is 55.6 Å². The van der Waals surface area contributed by atoms with Crippen LogP contribution in [0.25, 0.3) is 22.6 Å². The SMILES string of the molecule is CNc1nc(-c2cnn(C)c2)nc(-c2ccccc2)c1Br. The van der Waals surface area contributed by atoms with Gasteiger partial charge in [0.1, 0.15) is 5.82 Å². The molecule has 0 aliphatic carbocycles. The van der Waals surface area contributed by atoms with E-state index in [9.17, 15) is 0 Å². The molecule has 1 aromatic carbocycles. The second-order valence-corrected chi connectivity index (χ2v) is 5.37. The molecule has 0 aliphatic rings. The summed E-state index contributed by atoms with van der Waals surface area (Å²) in [6.07, 6.45) is 3.66. The lowest BCUT2D eigenvalue weighted by Crippen LogP contribution is -2.00. The maximum atomic E-state index is 4.68. The quantitative estimate of drug-likeness (QED) is 0.792. The van der Waals surface area contributed by atoms with E-state index in [1.54, 1.807) is 10.9 Å². The highest BCUT2D eigenvalue weighted by Gasteiger charge is 2.14. The van der Waals surface area contributed by atoms with Gasteiger partial charge >= 0.3 is 0 Å². The Morgan fingerprint density at radius 2 is 1.86 bits per heavy atom. The van der Waals surface area contributed by atoms with Crippen LogP contribution in [0.15, 0.2) is 47.2 Å². The van der Waals surface area contributed by atoms with E-state index in [-0.39, 0.29) is 0 Å². The first kappa shape index (κ1) is 13.8. The summed E-state index contributed by atoms with van der Waals surface area (Å²) in [5.41, 5.74) is 2.78. The number of aromatic nitrogens is 4. The third-order valence-corrected chi connectivity index (χ3v) is 3.85. The number of anilines is 1. The Labute approximate surface area is 131 Å². The summed E-state index contributed by atoms with van der Waals surface area (Å²) in [7, 11) is 3.72. The summed E-state index contributed by atoms with van der Waals surface area (Å²) < 4.78 is 2.59. The molecule has 0 unspecified atom stereocenters. The van der Waals surface area contributed by atoms with E-state index in [2.05, 4.69) is 36.3 Å². The van der Waals surface area contributed by atoms with Crippen molar-refractivity contribution in [2.75, 3.05) is 12.4 Å². The van der Waals surface area contributed by atoms with Crippen LogP contribution in [0.3, 0.4) is 0 Å². The van der Waals surface area contributed by atoms with Crippen LogP contribution in [0.2, 0.25) is 0 Å². The molecule has 0 atom stereocenters. The van der Waals surface area contributed by atoms with Gasteiger partial charge in [-0.05, 0) is 15.9 Å². The minimum absolute atomic E-state index is 0.648. The molecule has 6 heteroatoms. The van der Waals surface area contributed by atoms with Crippen molar-refractivity contribution in [3.8, 4) is 22.6 Å². The maximum absolute atomic E-state index is 4.68. The number of aryl methyl sites for hydroxylation is 1. The minimum Gasteiger partial charge on any atom is -0.372 e. The molecule has 5 nitrogen and oxygen atoms in total. The van der Waals surface area contributed by atoms with Gasteiger partial charge < -0.3 is 5.32 Å². The van der Waals surface area contributed by atoms with Gasteiger partial charge in [0.2, 0.25) is 0 Å².